The van der Waals surface area contributed by atoms with Crippen LogP contribution in [0.5, 0.6) is 0 Å². The minimum absolute atomic E-state index is 0. The molecule has 226 valence electrons. The van der Waals surface area contributed by atoms with E-state index in [1.807, 2.05) is 0 Å². The van der Waals surface area contributed by atoms with Crippen molar-refractivity contribution < 1.29 is 33.0 Å². The minimum atomic E-state index is -0.834. The van der Waals surface area contributed by atoms with E-state index >= 15 is 0 Å². The van der Waals surface area contributed by atoms with E-state index in [1.165, 1.54) is 31.8 Å². The third-order valence-electron chi connectivity index (χ3n) is 6.15. The number of halogens is 4. The van der Waals surface area contributed by atoms with Gasteiger partial charge in [-0.15, -0.1) is 47.5 Å². The fraction of sp³-hybridized carbons (Fsp3) is 0.0286. The molecule has 0 heterocycles. The first-order chi connectivity index (χ1) is 20.7. The van der Waals surface area contributed by atoms with Gasteiger partial charge in [-0.05, 0) is 59.1 Å². The van der Waals surface area contributed by atoms with E-state index in [1.54, 1.807) is 0 Å². The van der Waals surface area contributed by atoms with Gasteiger partial charge in [-0.2, -0.15) is 0 Å². The molecule has 0 saturated heterocycles. The van der Waals surface area contributed by atoms with Gasteiger partial charge in [-0.1, -0.05) is 72.8 Å². The summed E-state index contributed by atoms with van der Waals surface area (Å²) in [6, 6.07) is 60.8. The van der Waals surface area contributed by atoms with Gasteiger partial charge in [0.15, 0.2) is 0 Å². The maximum Gasteiger partial charge on any atom is 2.00 e. The summed E-state index contributed by atoms with van der Waals surface area (Å²) in [5.41, 5.74) is 0. The zero-order valence-electron chi connectivity index (χ0n) is 23.1. The molecule has 0 fully saturated rings. The van der Waals surface area contributed by atoms with Crippen molar-refractivity contribution in [3.8, 4) is 0 Å². The Kier molecular flexibility index (Phi) is 20.5. The van der Waals surface area contributed by atoms with Crippen molar-refractivity contribution in [1.82, 2.24) is 0 Å². The molecule has 0 aliphatic heterocycles. The van der Waals surface area contributed by atoms with E-state index < -0.39 is 15.8 Å². The van der Waals surface area contributed by atoms with Crippen LogP contribution in [0.3, 0.4) is 0 Å². The summed E-state index contributed by atoms with van der Waals surface area (Å²) in [6.07, 6.45) is 0. The zero-order chi connectivity index (χ0) is 29.8. The van der Waals surface area contributed by atoms with Crippen LogP contribution < -0.4 is 31.8 Å². The van der Waals surface area contributed by atoms with Crippen molar-refractivity contribution in [2.45, 2.75) is 0 Å². The first-order valence-corrected chi connectivity index (χ1v) is 21.1. The van der Waals surface area contributed by atoms with Crippen LogP contribution >= 0.6 is 58.1 Å². The zero-order valence-corrected chi connectivity index (χ0v) is 30.7. The molecule has 0 spiro atoms. The Labute approximate surface area is 295 Å². The summed E-state index contributed by atoms with van der Waals surface area (Å²) in [5, 5.41) is 8.88. The fourth-order valence-corrected chi connectivity index (χ4v) is 9.66. The Hall–Kier alpha value is -1.22. The number of alkyl halides is 2. The van der Waals surface area contributed by atoms with E-state index in [9.17, 15) is 0 Å². The van der Waals surface area contributed by atoms with Gasteiger partial charge in [0.2, 0.25) is 0 Å². The fourth-order valence-electron chi connectivity index (χ4n) is 4.50. The molecule has 0 nitrogen and oxygen atoms in total. The Morgan fingerprint density at radius 1 is 0.419 bits per heavy atom. The van der Waals surface area contributed by atoms with E-state index in [4.69, 9.17) is 42.3 Å². The van der Waals surface area contributed by atoms with Gasteiger partial charge < -0.3 is 0 Å². The van der Waals surface area contributed by atoms with Gasteiger partial charge in [0, 0.05) is 15.8 Å². The first kappa shape index (κ1) is 38.0. The van der Waals surface area contributed by atoms with Gasteiger partial charge in [0.1, 0.15) is 0 Å². The van der Waals surface area contributed by atoms with Gasteiger partial charge in [-0.3, -0.25) is 0 Å². The smallest absolute Gasteiger partial charge is 0.210 e. The van der Waals surface area contributed by atoms with E-state index in [2.05, 4.69) is 170 Å². The van der Waals surface area contributed by atoms with E-state index in [0.717, 1.165) is 0 Å². The number of rotatable bonds is 6. The third kappa shape index (κ3) is 13.0. The monoisotopic (exact) mass is 816 g/mol. The maximum absolute atomic E-state index is 4.81. The Morgan fingerprint density at radius 2 is 0.605 bits per heavy atom. The molecule has 0 radical (unpaired) electrons. The largest absolute Gasteiger partial charge is 2.00 e. The van der Waals surface area contributed by atoms with Crippen LogP contribution in [0.2, 0.25) is 0 Å². The number of hydrogen-bond donors (Lipinski definition) is 0. The standard InChI is InChI=1S/2C17H15P.CH2Cl2.2ClH.Fe.Pd/c2*1-3-9-15(10-4-1)18(17-13-7-8-14-17)16-11-5-2-6-12-16;2-1-3;;;;/h2*1-14,18H;1H2;2*1H;;/q;;;;;2*+2/p-2. The van der Waals surface area contributed by atoms with Crippen LogP contribution in [0.25, 0.3) is 0 Å². The van der Waals surface area contributed by atoms with Crippen LogP contribution in [0.1, 0.15) is 0 Å². The molecule has 0 aliphatic carbocycles. The summed E-state index contributed by atoms with van der Waals surface area (Å²) in [4.78, 5) is 0. The summed E-state index contributed by atoms with van der Waals surface area (Å²) in [6.45, 7) is 0. The van der Waals surface area contributed by atoms with Gasteiger partial charge in [0.25, 0.3) is 0 Å². The van der Waals surface area contributed by atoms with Crippen molar-refractivity contribution in [3.63, 3.8) is 0 Å². The van der Waals surface area contributed by atoms with Crippen LogP contribution in [0.15, 0.2) is 170 Å². The SMILES string of the molecule is ClCCl.[Cl][Pd][Cl].[Fe+2].c1ccc([PH+](c2ccccc2)[c-]2cccc2)cc1.c1ccc([PH+](c2ccccc2)[c-]2cccc2)cc1. The minimum Gasteiger partial charge on any atom is -0.210 e. The third-order valence-corrected chi connectivity index (χ3v) is 11.6. The molecule has 0 unspecified atom stereocenters. The molecule has 0 amide bonds. The molecule has 6 aromatic rings. The molecule has 6 aromatic carbocycles. The van der Waals surface area contributed by atoms with Gasteiger partial charge in [-0.25, -0.2) is 24.3 Å². The molecule has 0 bridgehead atoms. The molecular weight excluding hydrogens is 786 g/mol. The molecule has 0 saturated carbocycles. The second-order valence-electron chi connectivity index (χ2n) is 8.71. The van der Waals surface area contributed by atoms with Crippen molar-refractivity contribution in [3.05, 3.63) is 170 Å². The van der Waals surface area contributed by atoms with Crippen molar-refractivity contribution in [2.24, 2.45) is 0 Å². The Morgan fingerprint density at radius 3 is 0.791 bits per heavy atom. The molecular formula is C35H32Cl4FeP2Pd+2. The second kappa shape index (κ2) is 23.2. The maximum atomic E-state index is 4.81. The number of hydrogen-bond acceptors (Lipinski definition) is 0. The van der Waals surface area contributed by atoms with Crippen molar-refractivity contribution in [2.75, 3.05) is 5.34 Å². The predicted molar refractivity (Wildman–Crippen MR) is 193 cm³/mol. The first-order valence-electron chi connectivity index (χ1n) is 13.1. The van der Waals surface area contributed by atoms with Crippen molar-refractivity contribution >= 4 is 89.9 Å². The predicted octanol–water partition coefficient (Wildman–Crippen LogP) is 8.59. The normalized spacial score (nSPS) is 9.91. The van der Waals surface area contributed by atoms with Crippen LogP contribution in [0, 0.1) is 0 Å². The molecule has 0 atom stereocenters. The summed E-state index contributed by atoms with van der Waals surface area (Å²) in [5.74, 6) is 0. The molecule has 6 rings (SSSR count). The van der Waals surface area contributed by atoms with Gasteiger partial charge in [0.05, 0.1) is 26.6 Å². The summed E-state index contributed by atoms with van der Waals surface area (Å²) >= 11 is 9.42. The summed E-state index contributed by atoms with van der Waals surface area (Å²) < 4.78 is 0. The topological polar surface area (TPSA) is 0 Å². The molecule has 0 aliphatic rings. The average molecular weight is 819 g/mol. The molecule has 8 heteroatoms. The van der Waals surface area contributed by atoms with Gasteiger partial charge >= 0.3 is 52.1 Å². The number of benzene rings is 4. The van der Waals surface area contributed by atoms with Crippen LogP contribution in [-0.2, 0) is 33.0 Å². The van der Waals surface area contributed by atoms with E-state index in [0.29, 0.717) is 0 Å². The molecule has 0 aromatic heterocycles. The molecule has 0 N–H and O–H groups in total. The second-order valence-corrected chi connectivity index (χ2v) is 16.8. The average Bonchev–Trinajstić information content (AvgIpc) is 3.77. The van der Waals surface area contributed by atoms with E-state index in [-0.39, 0.29) is 38.3 Å². The molecule has 43 heavy (non-hydrogen) atoms. The van der Waals surface area contributed by atoms with Crippen LogP contribution in [0.4, 0.5) is 0 Å². The Balaban J connectivity index is 0.000000249. The van der Waals surface area contributed by atoms with Crippen molar-refractivity contribution in [1.29, 1.82) is 0 Å². The quantitative estimate of drug-likeness (QED) is 0.0685. The van der Waals surface area contributed by atoms with Crippen LogP contribution in [-0.4, -0.2) is 5.34 Å². The summed E-state index contributed by atoms with van der Waals surface area (Å²) in [7, 11) is 7.96. The Bertz CT molecular complexity index is 1260.